The number of aliphatic hydroxyl groups is 1. The highest BCUT2D eigenvalue weighted by molar-refractivity contribution is 5.93. The van der Waals surface area contributed by atoms with Crippen molar-refractivity contribution in [3.63, 3.8) is 0 Å². The summed E-state index contributed by atoms with van der Waals surface area (Å²) >= 11 is 0. The van der Waals surface area contributed by atoms with Gasteiger partial charge in [-0.3, -0.25) is 4.79 Å². The number of hydrogen-bond acceptors (Lipinski definition) is 8. The van der Waals surface area contributed by atoms with E-state index in [2.05, 4.69) is 25.8 Å². The number of nitrogens with one attached hydrogen (secondary N) is 3. The average molecular weight is 495 g/mol. The smallest absolute Gasteiger partial charge is 0.270 e. The first kappa shape index (κ1) is 24.8. The van der Waals surface area contributed by atoms with Gasteiger partial charge in [0.2, 0.25) is 5.95 Å². The van der Waals surface area contributed by atoms with Crippen LogP contribution >= 0.6 is 0 Å². The summed E-state index contributed by atoms with van der Waals surface area (Å²) in [6.07, 6.45) is 9.25. The minimum absolute atomic E-state index is 0.123. The number of aromatic hydroxyl groups is 1. The molecule has 1 saturated heterocycles. The molecule has 0 spiro atoms. The van der Waals surface area contributed by atoms with Crippen molar-refractivity contribution >= 4 is 17.7 Å². The molecule has 9 heteroatoms. The van der Waals surface area contributed by atoms with Crippen LogP contribution in [0, 0.1) is 0 Å². The van der Waals surface area contributed by atoms with Gasteiger partial charge in [0.1, 0.15) is 17.3 Å². The maximum absolute atomic E-state index is 13.1. The number of carbonyl (C=O) groups is 1. The van der Waals surface area contributed by atoms with Gasteiger partial charge in [-0.05, 0) is 61.8 Å². The number of fused-ring (bicyclic) bond motifs is 1. The Bertz CT molecular complexity index is 1050. The number of aromatic nitrogens is 2. The van der Waals surface area contributed by atoms with Crippen LogP contribution in [0.25, 0.3) is 0 Å². The van der Waals surface area contributed by atoms with Crippen molar-refractivity contribution in [3.05, 3.63) is 41.1 Å². The van der Waals surface area contributed by atoms with E-state index in [0.717, 1.165) is 49.9 Å². The van der Waals surface area contributed by atoms with Crippen molar-refractivity contribution in [1.29, 1.82) is 0 Å². The quantitative estimate of drug-likeness (QED) is 0.398. The van der Waals surface area contributed by atoms with Crippen molar-refractivity contribution in [2.45, 2.75) is 82.5 Å². The Morgan fingerprint density at radius 1 is 1.06 bits per heavy atom. The molecule has 0 unspecified atom stereocenters. The zero-order chi connectivity index (χ0) is 24.9. The third-order valence-electron chi connectivity index (χ3n) is 7.66. The van der Waals surface area contributed by atoms with Gasteiger partial charge in [-0.15, -0.1) is 0 Å². The summed E-state index contributed by atoms with van der Waals surface area (Å²) < 4.78 is 0. The first-order valence-corrected chi connectivity index (χ1v) is 13.5. The lowest BCUT2D eigenvalue weighted by Crippen LogP contribution is -2.49. The molecule has 1 saturated carbocycles. The Kier molecular flexibility index (Phi) is 7.87. The van der Waals surface area contributed by atoms with Gasteiger partial charge in [-0.25, -0.2) is 4.98 Å². The molecule has 2 aliphatic heterocycles. The summed E-state index contributed by atoms with van der Waals surface area (Å²) in [5.41, 5.74) is 2.46. The highest BCUT2D eigenvalue weighted by Crippen LogP contribution is 2.24. The number of phenolic OH excluding ortho intramolecular Hbond substituents is 1. The summed E-state index contributed by atoms with van der Waals surface area (Å²) in [4.78, 5) is 24.7. The Labute approximate surface area is 212 Å². The number of piperidine rings is 1. The topological polar surface area (TPSA) is 123 Å². The Morgan fingerprint density at radius 2 is 1.83 bits per heavy atom. The number of hydrogen-bond donors (Lipinski definition) is 5. The fourth-order valence-corrected chi connectivity index (χ4v) is 5.54. The Morgan fingerprint density at radius 3 is 2.64 bits per heavy atom. The largest absolute Gasteiger partial charge is 0.508 e. The molecule has 5 rings (SSSR count). The van der Waals surface area contributed by atoms with Crippen LogP contribution in [0.15, 0.2) is 24.3 Å². The highest BCUT2D eigenvalue weighted by atomic mass is 16.3. The Balaban J connectivity index is 1.25. The second kappa shape index (κ2) is 11.4. The molecule has 36 heavy (non-hydrogen) atoms. The molecule has 1 aromatic carbocycles. The summed E-state index contributed by atoms with van der Waals surface area (Å²) in [7, 11) is 0. The lowest BCUT2D eigenvalue weighted by Gasteiger charge is -2.30. The third kappa shape index (κ3) is 6.07. The minimum Gasteiger partial charge on any atom is -0.508 e. The SMILES string of the molecule is O=C(NC[C@@H](O)[C@@H]1Cc2ccc(O)cc2CN1)c1cc(NC2CCCCC2)nc(N2CCCCC2)n1. The average Bonchev–Trinajstić information content (AvgIpc) is 2.92. The zero-order valence-electron chi connectivity index (χ0n) is 20.9. The van der Waals surface area contributed by atoms with Crippen LogP contribution in [0.4, 0.5) is 11.8 Å². The molecule has 1 amide bonds. The summed E-state index contributed by atoms with van der Waals surface area (Å²) in [5.74, 6) is 1.25. The highest BCUT2D eigenvalue weighted by Gasteiger charge is 2.26. The molecule has 5 N–H and O–H groups in total. The van der Waals surface area contributed by atoms with Crippen LogP contribution in [-0.2, 0) is 13.0 Å². The number of rotatable bonds is 7. The number of carbonyl (C=O) groups excluding carboxylic acids is 1. The molecule has 3 heterocycles. The number of amides is 1. The summed E-state index contributed by atoms with van der Waals surface area (Å²) in [5, 5.41) is 30.2. The predicted molar refractivity (Wildman–Crippen MR) is 139 cm³/mol. The van der Waals surface area contributed by atoms with Crippen molar-refractivity contribution in [3.8, 4) is 5.75 Å². The molecule has 9 nitrogen and oxygen atoms in total. The van der Waals surface area contributed by atoms with E-state index in [4.69, 9.17) is 4.98 Å². The molecule has 194 valence electrons. The number of nitrogens with zero attached hydrogens (tertiary/aromatic N) is 3. The van der Waals surface area contributed by atoms with Gasteiger partial charge in [0.15, 0.2) is 0 Å². The van der Waals surface area contributed by atoms with E-state index < -0.39 is 6.10 Å². The molecule has 2 aromatic rings. The molecule has 3 aliphatic rings. The van der Waals surface area contributed by atoms with Crippen molar-refractivity contribution in [2.75, 3.05) is 29.9 Å². The second-order valence-electron chi connectivity index (χ2n) is 10.4. The van der Waals surface area contributed by atoms with Gasteiger partial charge in [0.05, 0.1) is 6.10 Å². The minimum atomic E-state index is -0.751. The number of aliphatic hydroxyl groups excluding tert-OH is 1. The van der Waals surface area contributed by atoms with E-state index in [1.807, 2.05) is 6.07 Å². The van der Waals surface area contributed by atoms with E-state index in [0.29, 0.717) is 36.5 Å². The first-order chi connectivity index (χ1) is 17.5. The zero-order valence-corrected chi connectivity index (χ0v) is 20.9. The van der Waals surface area contributed by atoms with Gasteiger partial charge in [0, 0.05) is 44.3 Å². The van der Waals surface area contributed by atoms with Gasteiger partial charge in [-0.2, -0.15) is 4.98 Å². The third-order valence-corrected chi connectivity index (χ3v) is 7.66. The lowest BCUT2D eigenvalue weighted by molar-refractivity contribution is 0.0865. The Hall–Kier alpha value is -2.91. The van der Waals surface area contributed by atoms with Crippen molar-refractivity contribution < 1.29 is 15.0 Å². The second-order valence-corrected chi connectivity index (χ2v) is 10.4. The van der Waals surface area contributed by atoms with Crippen LogP contribution in [-0.4, -0.2) is 63.9 Å². The maximum Gasteiger partial charge on any atom is 0.270 e. The number of anilines is 2. The van der Waals surface area contributed by atoms with Gasteiger partial charge in [-0.1, -0.05) is 25.3 Å². The van der Waals surface area contributed by atoms with E-state index in [1.165, 1.54) is 25.7 Å². The molecule has 0 radical (unpaired) electrons. The van der Waals surface area contributed by atoms with Gasteiger partial charge >= 0.3 is 0 Å². The first-order valence-electron chi connectivity index (χ1n) is 13.5. The van der Waals surface area contributed by atoms with Crippen LogP contribution in [0.2, 0.25) is 0 Å². The normalized spacial score (nSPS) is 21.5. The van der Waals surface area contributed by atoms with E-state index in [1.54, 1.807) is 18.2 Å². The molecule has 2 atom stereocenters. The maximum atomic E-state index is 13.1. The van der Waals surface area contributed by atoms with Gasteiger partial charge < -0.3 is 31.1 Å². The van der Waals surface area contributed by atoms with E-state index in [-0.39, 0.29) is 24.2 Å². The fourth-order valence-electron chi connectivity index (χ4n) is 5.54. The lowest BCUT2D eigenvalue weighted by atomic mass is 9.92. The monoisotopic (exact) mass is 494 g/mol. The van der Waals surface area contributed by atoms with Crippen LogP contribution < -0.4 is 20.9 Å². The standard InChI is InChI=1S/C27H38N6O3/c34-21-10-9-18-14-22(28-16-19(18)13-21)24(35)17-29-26(36)23-15-25(30-20-7-3-1-4-8-20)32-27(31-23)33-11-5-2-6-12-33/h9-10,13,15,20,22,24,28,34-35H,1-8,11-12,14,16-17H2,(H,29,36)(H,30,31,32)/t22-,24+/m0/s1. The fraction of sp³-hybridized carbons (Fsp3) is 0.593. The van der Waals surface area contributed by atoms with Crippen LogP contribution in [0.5, 0.6) is 5.75 Å². The molecule has 1 aliphatic carbocycles. The molecular formula is C27H38N6O3. The summed E-state index contributed by atoms with van der Waals surface area (Å²) in [6, 6.07) is 7.26. The van der Waals surface area contributed by atoms with Crippen LogP contribution in [0.1, 0.15) is 73.0 Å². The molecule has 2 fully saturated rings. The molecule has 1 aromatic heterocycles. The number of benzene rings is 1. The van der Waals surface area contributed by atoms with E-state index >= 15 is 0 Å². The summed E-state index contributed by atoms with van der Waals surface area (Å²) in [6.45, 7) is 2.50. The van der Waals surface area contributed by atoms with Gasteiger partial charge in [0.25, 0.3) is 5.91 Å². The molecular weight excluding hydrogens is 456 g/mol. The predicted octanol–water partition coefficient (Wildman–Crippen LogP) is 2.72. The molecule has 0 bridgehead atoms. The van der Waals surface area contributed by atoms with Crippen molar-refractivity contribution in [2.24, 2.45) is 0 Å². The van der Waals surface area contributed by atoms with E-state index in [9.17, 15) is 15.0 Å². The van der Waals surface area contributed by atoms with Crippen molar-refractivity contribution in [1.82, 2.24) is 20.6 Å². The van der Waals surface area contributed by atoms with Crippen LogP contribution in [0.3, 0.4) is 0 Å². The number of phenols is 1.